The molecule has 1 unspecified atom stereocenters. The van der Waals surface area contributed by atoms with Crippen molar-refractivity contribution in [1.82, 2.24) is 0 Å². The van der Waals surface area contributed by atoms with E-state index in [1.807, 2.05) is 29.6 Å². The van der Waals surface area contributed by atoms with Crippen molar-refractivity contribution in [3.05, 3.63) is 108 Å². The smallest absolute Gasteiger partial charge is 0.282 e. The monoisotopic (exact) mass is 438 g/mol. The van der Waals surface area contributed by atoms with Crippen LogP contribution in [0.1, 0.15) is 16.4 Å². The van der Waals surface area contributed by atoms with Crippen LogP contribution in [0.2, 0.25) is 0 Å². The number of hydrogen-bond acceptors (Lipinski definition) is 4. The molecule has 0 saturated carbocycles. The number of benzene rings is 3. The Hall–Kier alpha value is -2.38. The highest BCUT2D eigenvalue weighted by atomic mass is 32.2. The summed E-state index contributed by atoms with van der Waals surface area (Å²) < 4.78 is 33.2. The maximum absolute atomic E-state index is 11.4. The number of thiophene rings is 1. The Kier molecular flexibility index (Phi) is 5.87. The van der Waals surface area contributed by atoms with Crippen LogP contribution in [0.5, 0.6) is 0 Å². The Morgan fingerprint density at radius 1 is 0.724 bits per heavy atom. The molecule has 0 fully saturated rings. The summed E-state index contributed by atoms with van der Waals surface area (Å²) in [5, 5.41) is 2.05. The van der Waals surface area contributed by atoms with E-state index >= 15 is 0 Å². The van der Waals surface area contributed by atoms with Gasteiger partial charge in [0, 0.05) is 0 Å². The zero-order valence-electron chi connectivity index (χ0n) is 15.3. The Balaban J connectivity index is 1.69. The number of rotatable bonds is 6. The Morgan fingerprint density at radius 2 is 1.31 bits per heavy atom. The summed E-state index contributed by atoms with van der Waals surface area (Å²) in [7, 11) is -4.20. The summed E-state index contributed by atoms with van der Waals surface area (Å²) in [6.07, 6.45) is 0. The fourth-order valence-corrected chi connectivity index (χ4v) is 5.65. The predicted octanol–water partition coefficient (Wildman–Crippen LogP) is 6.54. The molecule has 29 heavy (non-hydrogen) atoms. The Bertz CT molecular complexity index is 1170. The minimum absolute atomic E-state index is 0.00826. The van der Waals surface area contributed by atoms with Gasteiger partial charge in [-0.3, -0.25) is 4.55 Å². The highest BCUT2D eigenvalue weighted by Gasteiger charge is 2.18. The molecule has 1 N–H and O–H groups in total. The molecule has 1 atom stereocenters. The van der Waals surface area contributed by atoms with E-state index in [9.17, 15) is 13.0 Å². The van der Waals surface area contributed by atoms with Gasteiger partial charge >= 0.3 is 0 Å². The van der Waals surface area contributed by atoms with Crippen LogP contribution < -0.4 is 0 Å². The lowest BCUT2D eigenvalue weighted by Crippen LogP contribution is -2.00. The summed E-state index contributed by atoms with van der Waals surface area (Å²) in [5.74, 6) is 0. The van der Waals surface area contributed by atoms with Crippen molar-refractivity contribution >= 4 is 33.2 Å². The normalized spacial score (nSPS) is 12.6. The fraction of sp³-hybridized carbons (Fsp3) is 0.0435. The lowest BCUT2D eigenvalue weighted by Gasteiger charge is -2.18. The first-order valence-corrected chi connectivity index (χ1v) is 12.1. The highest BCUT2D eigenvalue weighted by molar-refractivity contribution is 8.01. The van der Waals surface area contributed by atoms with Gasteiger partial charge in [0.1, 0.15) is 0 Å². The van der Waals surface area contributed by atoms with Gasteiger partial charge in [-0.15, -0.1) is 23.1 Å². The lowest BCUT2D eigenvalue weighted by molar-refractivity contribution is 0.483. The molecule has 0 aliphatic carbocycles. The quantitative estimate of drug-likeness (QED) is 0.274. The van der Waals surface area contributed by atoms with Crippen LogP contribution in [0, 0.1) is 0 Å². The van der Waals surface area contributed by atoms with Gasteiger partial charge in [-0.2, -0.15) is 8.42 Å². The van der Waals surface area contributed by atoms with E-state index < -0.39 is 10.1 Å². The van der Waals surface area contributed by atoms with Gasteiger partial charge in [-0.05, 0) is 45.8 Å². The fourth-order valence-electron chi connectivity index (χ4n) is 3.07. The lowest BCUT2D eigenvalue weighted by atomic mass is 10.00. The first kappa shape index (κ1) is 19.9. The summed E-state index contributed by atoms with van der Waals surface area (Å²) in [4.78, 5) is -0.0967. The SMILES string of the molecule is O=S(=O)(O)c1ccc(C(Sc2cccs2)c2ccc(-c3ccccc3)cc2)cc1. The molecule has 0 radical (unpaired) electrons. The van der Waals surface area contributed by atoms with Crippen LogP contribution in [-0.2, 0) is 10.1 Å². The number of thioether (sulfide) groups is 1. The van der Waals surface area contributed by atoms with Crippen LogP contribution >= 0.6 is 23.1 Å². The molecular weight excluding hydrogens is 420 g/mol. The molecule has 0 amide bonds. The first-order valence-electron chi connectivity index (χ1n) is 8.94. The largest absolute Gasteiger partial charge is 0.294 e. The summed E-state index contributed by atoms with van der Waals surface area (Å²) in [6.45, 7) is 0. The van der Waals surface area contributed by atoms with E-state index in [0.29, 0.717) is 0 Å². The van der Waals surface area contributed by atoms with Crippen molar-refractivity contribution in [2.45, 2.75) is 14.4 Å². The molecule has 4 aromatic rings. The first-order chi connectivity index (χ1) is 14.0. The zero-order chi connectivity index (χ0) is 20.3. The third-order valence-corrected chi connectivity index (χ3v) is 7.79. The third-order valence-electron chi connectivity index (χ3n) is 4.53. The molecule has 0 bridgehead atoms. The Labute approximate surface area is 178 Å². The van der Waals surface area contributed by atoms with Gasteiger partial charge in [-0.1, -0.05) is 72.8 Å². The minimum Gasteiger partial charge on any atom is -0.282 e. The molecule has 3 aromatic carbocycles. The average molecular weight is 439 g/mol. The van der Waals surface area contributed by atoms with Gasteiger partial charge in [0.2, 0.25) is 0 Å². The van der Waals surface area contributed by atoms with Gasteiger partial charge in [-0.25, -0.2) is 0 Å². The van der Waals surface area contributed by atoms with Gasteiger partial charge in [0.05, 0.1) is 14.4 Å². The minimum atomic E-state index is -4.20. The molecular formula is C23H18O3S3. The predicted molar refractivity (Wildman–Crippen MR) is 120 cm³/mol. The van der Waals surface area contributed by atoms with E-state index in [1.54, 1.807) is 35.2 Å². The molecule has 0 aliphatic rings. The molecule has 6 heteroatoms. The van der Waals surface area contributed by atoms with Crippen molar-refractivity contribution in [3.8, 4) is 11.1 Å². The highest BCUT2D eigenvalue weighted by Crippen LogP contribution is 2.42. The topological polar surface area (TPSA) is 54.4 Å². The van der Waals surface area contributed by atoms with Crippen LogP contribution in [0.15, 0.2) is 105 Å². The molecule has 1 heterocycles. The van der Waals surface area contributed by atoms with E-state index in [2.05, 4.69) is 42.5 Å². The standard InChI is InChI=1S/C23H18O3S3/c24-29(25,26)21-14-12-20(13-15-21)23(28-22-7-4-16-27-22)19-10-8-18(9-11-19)17-5-2-1-3-6-17/h1-16,23H,(H,24,25,26). The van der Waals surface area contributed by atoms with Gasteiger partial charge < -0.3 is 0 Å². The van der Waals surface area contributed by atoms with E-state index in [1.165, 1.54) is 21.9 Å². The average Bonchev–Trinajstić information content (AvgIpc) is 3.26. The maximum atomic E-state index is 11.4. The van der Waals surface area contributed by atoms with E-state index in [4.69, 9.17) is 0 Å². The Morgan fingerprint density at radius 3 is 1.86 bits per heavy atom. The molecule has 0 spiro atoms. The summed E-state index contributed by atoms with van der Waals surface area (Å²) in [5.41, 5.74) is 4.42. The zero-order valence-corrected chi connectivity index (χ0v) is 17.8. The van der Waals surface area contributed by atoms with E-state index in [0.717, 1.165) is 16.7 Å². The molecule has 3 nitrogen and oxygen atoms in total. The molecule has 0 aliphatic heterocycles. The van der Waals surface area contributed by atoms with Crippen molar-refractivity contribution in [2.24, 2.45) is 0 Å². The molecule has 1 aromatic heterocycles. The van der Waals surface area contributed by atoms with Gasteiger partial charge in [0.25, 0.3) is 10.1 Å². The molecule has 0 saturated heterocycles. The van der Waals surface area contributed by atoms with Gasteiger partial charge in [0.15, 0.2) is 0 Å². The van der Waals surface area contributed by atoms with Crippen molar-refractivity contribution in [3.63, 3.8) is 0 Å². The molecule has 4 rings (SSSR count). The van der Waals surface area contributed by atoms with Crippen molar-refractivity contribution < 1.29 is 13.0 Å². The number of hydrogen-bond donors (Lipinski definition) is 1. The maximum Gasteiger partial charge on any atom is 0.294 e. The van der Waals surface area contributed by atoms with E-state index in [-0.39, 0.29) is 10.1 Å². The van der Waals surface area contributed by atoms with Crippen LogP contribution in [0.4, 0.5) is 0 Å². The third kappa shape index (κ3) is 4.79. The molecule has 146 valence electrons. The van der Waals surface area contributed by atoms with Crippen molar-refractivity contribution in [2.75, 3.05) is 0 Å². The second kappa shape index (κ2) is 8.55. The van der Waals surface area contributed by atoms with Crippen LogP contribution in [-0.4, -0.2) is 13.0 Å². The van der Waals surface area contributed by atoms with Crippen molar-refractivity contribution in [1.29, 1.82) is 0 Å². The summed E-state index contributed by atoms with van der Waals surface area (Å²) in [6, 6.07) is 29.2. The van der Waals surface area contributed by atoms with Crippen LogP contribution in [0.3, 0.4) is 0 Å². The summed E-state index contributed by atoms with van der Waals surface area (Å²) >= 11 is 3.40. The second-order valence-electron chi connectivity index (χ2n) is 6.46. The van der Waals surface area contributed by atoms with Crippen LogP contribution in [0.25, 0.3) is 11.1 Å². The second-order valence-corrected chi connectivity index (χ2v) is 10.2.